The van der Waals surface area contributed by atoms with E-state index in [1.165, 1.54) is 0 Å². The van der Waals surface area contributed by atoms with Gasteiger partial charge in [-0.2, -0.15) is 0 Å². The summed E-state index contributed by atoms with van der Waals surface area (Å²) in [5.74, 6) is 0. The number of anilines is 18. The summed E-state index contributed by atoms with van der Waals surface area (Å²) in [5.41, 5.74) is 33.3. The maximum atomic E-state index is 5.60. The summed E-state index contributed by atoms with van der Waals surface area (Å²) in [4.78, 5) is 64.2. The Balaban J connectivity index is 0.000000182. The number of aromatic nitrogens is 10. The molecular weight excluding hydrogens is 1740 g/mol. The molecule has 0 bridgehead atoms. The molecule has 0 saturated carbocycles. The lowest BCUT2D eigenvalue weighted by atomic mass is 10.0. The highest BCUT2D eigenvalue weighted by Crippen LogP contribution is 2.46. The first-order valence-electron chi connectivity index (χ1n) is 47.2. The van der Waals surface area contributed by atoms with Gasteiger partial charge in [0.2, 0.25) is 11.3 Å². The highest BCUT2D eigenvalue weighted by atomic mass is 15.2. The van der Waals surface area contributed by atoms with Crippen molar-refractivity contribution in [2.75, 3.05) is 29.4 Å². The van der Waals surface area contributed by atoms with Gasteiger partial charge >= 0.3 is 0 Å². The van der Waals surface area contributed by atoms with E-state index in [9.17, 15) is 0 Å². The Hall–Kier alpha value is -19.6. The Morgan fingerprint density at radius 1 is 0.120 bits per heavy atom. The average Bonchev–Trinajstić information content (AvgIpc) is 0.749. The van der Waals surface area contributed by atoms with Crippen LogP contribution in [0, 0.1) is 0 Å². The maximum absolute atomic E-state index is 5.60. The lowest BCUT2D eigenvalue weighted by Gasteiger charge is -2.26. The molecule has 142 heavy (non-hydrogen) atoms. The van der Waals surface area contributed by atoms with Crippen LogP contribution in [0.1, 0.15) is 0 Å². The smallest absolute Gasteiger partial charge is 0.200 e. The SMILES string of the molecule is c1ccc(N(c2ccccc2)c2ccc(-c3cnc4nc5ncc(-c6ccc(N(c7ccccc7)c7ccccc7)cc6)nc5nc4n3)cc2)cc1.c1ccc(N(c2ccccc2)c2ccc(-c3nc4cc5nc(-c6ccc(N(c7ccccc7)c7ccccc7)cc6)c(-c6ccc(N(c7ccccc7)c7ccccc7)cc6)nc5cc4nc3-c3ccc(N(c4ccccc4)c4ccccc4)cc3)cc2)cc1. The molecule has 16 nitrogen and oxygen atoms in total. The zero-order valence-corrected chi connectivity index (χ0v) is 77.0. The second-order valence-corrected chi connectivity index (χ2v) is 34.0. The number of benzene rings is 19. The summed E-state index contributed by atoms with van der Waals surface area (Å²) >= 11 is 0. The fraction of sp³-hybridized carbons (Fsp3) is 0. The molecule has 0 aliphatic rings. The quantitative estimate of drug-likeness (QED) is 0.0528. The van der Waals surface area contributed by atoms with Crippen LogP contribution in [-0.4, -0.2) is 49.8 Å². The van der Waals surface area contributed by atoms with Crippen LogP contribution >= 0.6 is 0 Å². The number of fused-ring (bicyclic) bond motifs is 4. The van der Waals surface area contributed by atoms with Crippen LogP contribution in [-0.2, 0) is 0 Å². The molecule has 0 unspecified atom stereocenters. The molecule has 0 aliphatic carbocycles. The molecule has 19 aromatic carbocycles. The molecule has 0 atom stereocenters. The lowest BCUT2D eigenvalue weighted by molar-refractivity contribution is 1.14. The van der Waals surface area contributed by atoms with Crippen LogP contribution in [0.15, 0.2) is 534 Å². The molecule has 672 valence electrons. The third-order valence-electron chi connectivity index (χ3n) is 25.0. The van der Waals surface area contributed by atoms with Gasteiger partial charge in [0, 0.05) is 136 Å². The van der Waals surface area contributed by atoms with Gasteiger partial charge in [0.1, 0.15) is 0 Å². The molecule has 0 saturated heterocycles. The summed E-state index contributed by atoms with van der Waals surface area (Å²) in [6.07, 6.45) is 3.45. The minimum absolute atomic E-state index is 0.410. The third kappa shape index (κ3) is 18.3. The average molecular weight is 1830 g/mol. The predicted molar refractivity (Wildman–Crippen MR) is 582 cm³/mol. The van der Waals surface area contributed by atoms with E-state index in [4.69, 9.17) is 34.9 Å². The van der Waals surface area contributed by atoms with Crippen LogP contribution in [0.5, 0.6) is 0 Å². The van der Waals surface area contributed by atoms with E-state index >= 15 is 0 Å². The summed E-state index contributed by atoms with van der Waals surface area (Å²) in [5, 5.41) is 0. The van der Waals surface area contributed by atoms with Gasteiger partial charge in [0.05, 0.1) is 68.6 Å². The second kappa shape index (κ2) is 39.8. The summed E-state index contributed by atoms with van der Waals surface area (Å²) < 4.78 is 0. The van der Waals surface area contributed by atoms with Crippen molar-refractivity contribution in [2.45, 2.75) is 0 Å². The molecule has 0 amide bonds. The van der Waals surface area contributed by atoms with Gasteiger partial charge in [-0.25, -0.2) is 49.8 Å². The largest absolute Gasteiger partial charge is 0.311 e. The summed E-state index contributed by atoms with van der Waals surface area (Å²) in [6, 6.07) is 180. The fourth-order valence-electron chi connectivity index (χ4n) is 18.2. The Morgan fingerprint density at radius 2 is 0.261 bits per heavy atom. The first kappa shape index (κ1) is 86.5. The van der Waals surface area contributed by atoms with Crippen LogP contribution in [0.3, 0.4) is 0 Å². The van der Waals surface area contributed by atoms with E-state index in [2.05, 4.69) is 445 Å². The van der Waals surface area contributed by atoms with Gasteiger partial charge in [-0.3, -0.25) is 0 Å². The number of rotatable bonds is 24. The van der Waals surface area contributed by atoms with Crippen molar-refractivity contribution in [1.29, 1.82) is 0 Å². The standard InChI is InChI=1S/C82H58N8.C44H30N8/c1-9-25-63(26-10-1)87(64-27-11-2-12-28-64)71-49-41-59(42-50-71)79-80(60-43-51-72(52-44-60)88(65-29-13-3-14-30-65)66-31-15-4-16-32-66)84-76-58-78-77(57-75(76)83-79)85-81(61-45-53-73(54-46-61)89(67-33-17-5-18-34-67)68-35-19-6-20-36-68)82(86-78)62-47-55-74(56-48-62)90(69-37-21-7-22-38-69)70-39-23-8-24-40-70;1-5-13-33(14-6-1)51(34-15-7-2-8-16-34)37-25-21-31(22-26-37)39-29-45-41-43(47-39)50-44-42(49-41)46-30-40(48-44)32-23-27-38(28-24-32)52(35-17-9-3-10-18-35)36-19-11-4-12-20-36/h1-58H;1-30H. The Morgan fingerprint density at radius 3 is 0.423 bits per heavy atom. The molecule has 0 spiro atoms. The number of para-hydroxylation sites is 12. The van der Waals surface area contributed by atoms with Crippen molar-refractivity contribution in [3.8, 4) is 67.5 Å². The van der Waals surface area contributed by atoms with E-state index in [1.54, 1.807) is 12.4 Å². The highest BCUT2D eigenvalue weighted by molar-refractivity contribution is 5.98. The number of hydrogen-bond acceptors (Lipinski definition) is 16. The predicted octanol–water partition coefficient (Wildman–Crippen LogP) is 32.8. The first-order valence-corrected chi connectivity index (χ1v) is 47.2. The molecule has 5 heterocycles. The Kier molecular flexibility index (Phi) is 24.2. The van der Waals surface area contributed by atoms with Crippen molar-refractivity contribution in [2.24, 2.45) is 0 Å². The maximum Gasteiger partial charge on any atom is 0.200 e. The molecule has 0 N–H and O–H groups in total. The van der Waals surface area contributed by atoms with Gasteiger partial charge in [-0.05, 0) is 231 Å². The van der Waals surface area contributed by atoms with Gasteiger partial charge < -0.3 is 29.4 Å². The summed E-state index contributed by atoms with van der Waals surface area (Å²) in [7, 11) is 0. The van der Waals surface area contributed by atoms with Crippen LogP contribution < -0.4 is 29.4 Å². The third-order valence-corrected chi connectivity index (χ3v) is 25.0. The topological polar surface area (TPSA) is 148 Å². The van der Waals surface area contributed by atoms with Crippen molar-refractivity contribution < 1.29 is 0 Å². The molecule has 0 fully saturated rings. The fourth-order valence-corrected chi connectivity index (χ4v) is 18.2. The zero-order valence-electron chi connectivity index (χ0n) is 77.0. The van der Waals surface area contributed by atoms with Crippen molar-refractivity contribution in [3.63, 3.8) is 0 Å². The summed E-state index contributed by atoms with van der Waals surface area (Å²) in [6.45, 7) is 0. The molecule has 16 heteroatoms. The van der Waals surface area contributed by atoms with Crippen LogP contribution in [0.2, 0.25) is 0 Å². The van der Waals surface area contributed by atoms with E-state index < -0.39 is 0 Å². The lowest BCUT2D eigenvalue weighted by Crippen LogP contribution is -2.09. The van der Waals surface area contributed by atoms with E-state index in [1.807, 2.05) is 121 Å². The van der Waals surface area contributed by atoms with Crippen LogP contribution in [0.4, 0.5) is 102 Å². The van der Waals surface area contributed by atoms with Crippen molar-refractivity contribution in [1.82, 2.24) is 49.8 Å². The Labute approximate surface area is 822 Å². The molecule has 5 aromatic heterocycles. The van der Waals surface area contributed by atoms with Gasteiger partial charge in [-0.1, -0.05) is 291 Å². The molecule has 0 radical (unpaired) electrons. The van der Waals surface area contributed by atoms with Crippen molar-refractivity contribution in [3.05, 3.63) is 534 Å². The van der Waals surface area contributed by atoms with Gasteiger partial charge in [0.15, 0.2) is 11.3 Å². The van der Waals surface area contributed by atoms with Gasteiger partial charge in [0.25, 0.3) is 0 Å². The Bertz CT molecular complexity index is 7390. The molecular formula is C126H88N16. The number of nitrogens with zero attached hydrogens (tertiary/aromatic N) is 16. The van der Waals surface area contributed by atoms with Gasteiger partial charge in [-0.15, -0.1) is 0 Å². The van der Waals surface area contributed by atoms with Crippen molar-refractivity contribution >= 4 is 147 Å². The van der Waals surface area contributed by atoms with Crippen LogP contribution in [0.25, 0.3) is 112 Å². The minimum Gasteiger partial charge on any atom is -0.311 e. The molecule has 0 aliphatic heterocycles. The molecule has 24 aromatic rings. The zero-order chi connectivity index (χ0) is 94.7. The normalized spacial score (nSPS) is 11.1. The first-order chi connectivity index (χ1) is 70.4. The second-order valence-electron chi connectivity index (χ2n) is 34.0. The minimum atomic E-state index is 0.410. The molecule has 24 rings (SSSR count). The van der Waals surface area contributed by atoms with E-state index in [-0.39, 0.29) is 0 Å². The monoisotopic (exact) mass is 1820 g/mol. The van der Waals surface area contributed by atoms with E-state index in [0.717, 1.165) is 159 Å². The number of hydrogen-bond donors (Lipinski definition) is 0. The van der Waals surface area contributed by atoms with E-state index in [0.29, 0.717) is 56.0 Å². The highest BCUT2D eigenvalue weighted by Gasteiger charge is 2.25.